The van der Waals surface area contributed by atoms with Crippen LogP contribution in [0.3, 0.4) is 0 Å². The van der Waals surface area contributed by atoms with Crippen molar-refractivity contribution in [2.24, 2.45) is 0 Å². The fourth-order valence-corrected chi connectivity index (χ4v) is 4.57. The van der Waals surface area contributed by atoms with Crippen LogP contribution in [0.4, 0.5) is 5.82 Å². The first-order chi connectivity index (χ1) is 17.4. The van der Waals surface area contributed by atoms with Gasteiger partial charge in [-0.15, -0.1) is 0 Å². The molecule has 1 fully saturated rings. The number of hydrogen-bond acceptors (Lipinski definition) is 8. The number of ether oxygens (including phenoxy) is 2. The number of anilines is 1. The van der Waals surface area contributed by atoms with E-state index in [4.69, 9.17) is 9.47 Å². The number of piperidine rings is 1. The first-order valence-electron chi connectivity index (χ1n) is 11.6. The van der Waals surface area contributed by atoms with Crippen molar-refractivity contribution in [3.05, 3.63) is 88.5 Å². The van der Waals surface area contributed by atoms with Crippen LogP contribution >= 0.6 is 0 Å². The highest BCUT2D eigenvalue weighted by Crippen LogP contribution is 2.30. The van der Waals surface area contributed by atoms with Gasteiger partial charge in [-0.2, -0.15) is 4.98 Å². The average Bonchev–Trinajstić information content (AvgIpc) is 2.89. The predicted octanol–water partition coefficient (Wildman–Crippen LogP) is 1.30. The number of hydrogen-bond donors (Lipinski definition) is 3. The summed E-state index contributed by atoms with van der Waals surface area (Å²) < 4.78 is 12.2. The summed E-state index contributed by atoms with van der Waals surface area (Å²) >= 11 is 0. The number of rotatable bonds is 8. The van der Waals surface area contributed by atoms with E-state index in [-0.39, 0.29) is 18.3 Å². The van der Waals surface area contributed by atoms with Gasteiger partial charge in [0.15, 0.2) is 0 Å². The molecule has 1 aliphatic heterocycles. The van der Waals surface area contributed by atoms with Crippen molar-refractivity contribution in [2.75, 3.05) is 32.7 Å². The summed E-state index contributed by atoms with van der Waals surface area (Å²) in [5.41, 5.74) is 0.815. The van der Waals surface area contributed by atoms with Crippen LogP contribution in [0.5, 0.6) is 5.75 Å². The summed E-state index contributed by atoms with van der Waals surface area (Å²) in [5.74, 6) is 0.476. The Labute approximate surface area is 208 Å². The van der Waals surface area contributed by atoms with Crippen molar-refractivity contribution in [3.63, 3.8) is 0 Å². The molecule has 1 aromatic heterocycles. The Morgan fingerprint density at radius 3 is 2.44 bits per heavy atom. The maximum atomic E-state index is 13.0. The van der Waals surface area contributed by atoms with E-state index in [9.17, 15) is 19.8 Å². The molecule has 2 heterocycles. The monoisotopic (exact) mass is 494 g/mol. The molecule has 190 valence electrons. The molecule has 0 bridgehead atoms. The Morgan fingerprint density at radius 1 is 1.11 bits per heavy atom. The molecule has 0 aliphatic carbocycles. The fraction of sp³-hybridized carbons (Fsp3) is 0.346. The largest absolute Gasteiger partial charge is 0.497 e. The molecule has 0 unspecified atom stereocenters. The van der Waals surface area contributed by atoms with Crippen LogP contribution in [-0.4, -0.2) is 76.2 Å². The minimum Gasteiger partial charge on any atom is -0.497 e. The quantitative estimate of drug-likeness (QED) is 0.428. The van der Waals surface area contributed by atoms with Gasteiger partial charge in [-0.05, 0) is 35.9 Å². The van der Waals surface area contributed by atoms with E-state index in [2.05, 4.69) is 10.3 Å². The number of aromatic nitrogens is 2. The lowest BCUT2D eigenvalue weighted by Gasteiger charge is -2.46. The van der Waals surface area contributed by atoms with Gasteiger partial charge in [-0.25, -0.2) is 4.79 Å². The predicted molar refractivity (Wildman–Crippen MR) is 133 cm³/mol. The minimum absolute atomic E-state index is 0.124. The number of aliphatic hydroxyl groups is 2. The highest BCUT2D eigenvalue weighted by Gasteiger charge is 2.44. The van der Waals surface area contributed by atoms with E-state index in [1.807, 2.05) is 29.2 Å². The van der Waals surface area contributed by atoms with Crippen molar-refractivity contribution >= 4 is 11.7 Å². The van der Waals surface area contributed by atoms with Crippen molar-refractivity contribution in [1.29, 1.82) is 0 Å². The molecule has 0 radical (unpaired) electrons. The van der Waals surface area contributed by atoms with Crippen LogP contribution in [0.15, 0.2) is 71.7 Å². The van der Waals surface area contributed by atoms with Gasteiger partial charge in [-0.1, -0.05) is 30.3 Å². The third-order valence-corrected chi connectivity index (χ3v) is 6.47. The molecule has 1 amide bonds. The van der Waals surface area contributed by atoms with Gasteiger partial charge in [-0.3, -0.25) is 14.3 Å². The summed E-state index contributed by atoms with van der Waals surface area (Å²) in [6.07, 6.45) is -0.274. The normalized spacial score (nSPS) is 22.2. The molecule has 1 saturated heterocycles. The van der Waals surface area contributed by atoms with E-state index in [0.29, 0.717) is 18.7 Å². The Hall–Kier alpha value is -3.57. The van der Waals surface area contributed by atoms with Gasteiger partial charge in [0, 0.05) is 32.0 Å². The van der Waals surface area contributed by atoms with Gasteiger partial charge in [0.2, 0.25) is 0 Å². The Kier molecular flexibility index (Phi) is 8.11. The van der Waals surface area contributed by atoms with Crippen molar-refractivity contribution in [3.8, 4) is 5.75 Å². The second-order valence-corrected chi connectivity index (χ2v) is 8.61. The number of amides is 1. The Morgan fingerprint density at radius 2 is 1.83 bits per heavy atom. The van der Waals surface area contributed by atoms with Crippen LogP contribution in [0, 0.1) is 0 Å². The van der Waals surface area contributed by atoms with Crippen LogP contribution in [-0.2, 0) is 11.3 Å². The van der Waals surface area contributed by atoms with Crippen LogP contribution in [0.25, 0.3) is 0 Å². The van der Waals surface area contributed by atoms with E-state index < -0.39 is 30.0 Å². The van der Waals surface area contributed by atoms with Crippen LogP contribution in [0.1, 0.15) is 22.0 Å². The van der Waals surface area contributed by atoms with E-state index in [1.54, 1.807) is 37.4 Å². The van der Waals surface area contributed by atoms with Gasteiger partial charge in [0.05, 0.1) is 31.9 Å². The smallest absolute Gasteiger partial charge is 0.349 e. The molecule has 3 N–H and O–H groups in total. The van der Waals surface area contributed by atoms with E-state index in [1.165, 1.54) is 23.9 Å². The van der Waals surface area contributed by atoms with Gasteiger partial charge in [0.1, 0.15) is 17.7 Å². The summed E-state index contributed by atoms with van der Waals surface area (Å²) in [7, 11) is 3.05. The standard InChI is InChI=1S/C26H30N4O6/c1-35-19-10-8-17(9-11-19)14-29-15-20(24(36-2)23(32)21(29)16-31)30-13-12-22(28-26(30)34)27-25(33)18-6-4-3-5-7-18/h3-13,20-21,23-24,31-32H,14-16H2,1-2H3,(H,27,28,33,34)/t20-,21-,23-,24-/m1/s1. The molecule has 4 rings (SSSR count). The Balaban J connectivity index is 1.57. The summed E-state index contributed by atoms with van der Waals surface area (Å²) in [6.45, 7) is 0.484. The third kappa shape index (κ3) is 5.47. The molecule has 2 aromatic carbocycles. The maximum absolute atomic E-state index is 13.0. The number of methoxy groups -OCH3 is 2. The van der Waals surface area contributed by atoms with Crippen molar-refractivity contribution in [1.82, 2.24) is 14.5 Å². The first-order valence-corrected chi connectivity index (χ1v) is 11.6. The Bertz CT molecular complexity index is 1220. The molecule has 3 aromatic rings. The minimum atomic E-state index is -1.05. The zero-order valence-corrected chi connectivity index (χ0v) is 20.2. The molecule has 10 nitrogen and oxygen atoms in total. The lowest BCUT2D eigenvalue weighted by Crippen LogP contribution is -2.61. The first kappa shape index (κ1) is 25.5. The zero-order valence-electron chi connectivity index (χ0n) is 20.2. The molecular weight excluding hydrogens is 464 g/mol. The maximum Gasteiger partial charge on any atom is 0.349 e. The lowest BCUT2D eigenvalue weighted by molar-refractivity contribution is -0.130. The molecule has 10 heteroatoms. The summed E-state index contributed by atoms with van der Waals surface area (Å²) in [4.78, 5) is 31.4. The van der Waals surface area contributed by atoms with Gasteiger partial charge < -0.3 is 25.0 Å². The molecule has 1 aliphatic rings. The highest BCUT2D eigenvalue weighted by molar-refractivity contribution is 6.03. The zero-order chi connectivity index (χ0) is 25.7. The van der Waals surface area contributed by atoms with Gasteiger partial charge >= 0.3 is 5.69 Å². The van der Waals surface area contributed by atoms with Crippen LogP contribution < -0.4 is 15.7 Å². The molecule has 36 heavy (non-hydrogen) atoms. The summed E-state index contributed by atoms with van der Waals surface area (Å²) in [6, 6.07) is 16.5. The molecule has 4 atom stereocenters. The van der Waals surface area contributed by atoms with Crippen LogP contribution in [0.2, 0.25) is 0 Å². The fourth-order valence-electron chi connectivity index (χ4n) is 4.57. The van der Waals surface area contributed by atoms with E-state index >= 15 is 0 Å². The second kappa shape index (κ2) is 11.4. The molecule has 0 saturated carbocycles. The number of carbonyl (C=O) groups excluding carboxylic acids is 1. The number of likely N-dealkylation sites (tertiary alicyclic amines) is 1. The highest BCUT2D eigenvalue weighted by atomic mass is 16.5. The topological polar surface area (TPSA) is 126 Å². The number of aliphatic hydroxyl groups excluding tert-OH is 2. The second-order valence-electron chi connectivity index (χ2n) is 8.61. The van der Waals surface area contributed by atoms with Gasteiger partial charge in [0.25, 0.3) is 5.91 Å². The van der Waals surface area contributed by atoms with E-state index in [0.717, 1.165) is 11.3 Å². The lowest BCUT2D eigenvalue weighted by atomic mass is 9.91. The summed E-state index contributed by atoms with van der Waals surface area (Å²) in [5, 5.41) is 23.7. The third-order valence-electron chi connectivity index (χ3n) is 6.47. The number of benzene rings is 2. The number of nitrogens with one attached hydrogen (secondary N) is 1. The number of carbonyl (C=O) groups is 1. The molecule has 0 spiro atoms. The van der Waals surface area contributed by atoms with Crippen molar-refractivity contribution < 1.29 is 24.5 Å². The number of nitrogens with zero attached hydrogens (tertiary/aromatic N) is 3. The van der Waals surface area contributed by atoms with Crippen molar-refractivity contribution in [2.45, 2.75) is 30.8 Å². The molecular formula is C26H30N4O6. The SMILES string of the molecule is COc1ccc(CN2C[C@@H](n3ccc(NC(=O)c4ccccc4)nc3=O)[C@@H](OC)[C@H](O)[C@H]2CO)cc1. The average molecular weight is 495 g/mol.